The topological polar surface area (TPSA) is 78.7 Å². The van der Waals surface area contributed by atoms with Crippen LogP contribution in [-0.4, -0.2) is 27.4 Å². The van der Waals surface area contributed by atoms with Gasteiger partial charge in [0.05, 0.1) is 17.1 Å². The minimum atomic E-state index is -2.57. The van der Waals surface area contributed by atoms with E-state index in [-0.39, 0.29) is 11.7 Å². The molecule has 0 spiro atoms. The first-order chi connectivity index (χ1) is 11.9. The molecular formula is C16H14F2N4OS2. The zero-order valence-corrected chi connectivity index (χ0v) is 15.0. The second kappa shape index (κ2) is 8.78. The smallest absolute Gasteiger partial charge is 0.288 e. The van der Waals surface area contributed by atoms with Crippen LogP contribution in [0.1, 0.15) is 17.1 Å². The number of aryl methyl sites for hydroxylation is 2. The molecular weight excluding hydrogens is 366 g/mol. The summed E-state index contributed by atoms with van der Waals surface area (Å²) in [5.41, 5.74) is 1.21. The summed E-state index contributed by atoms with van der Waals surface area (Å²) in [4.78, 5) is 20.7. The van der Waals surface area contributed by atoms with Gasteiger partial charge in [0, 0.05) is 4.90 Å². The lowest BCUT2D eigenvalue weighted by Gasteiger charge is -2.10. The number of rotatable bonds is 6. The first-order valence-corrected chi connectivity index (χ1v) is 8.99. The summed E-state index contributed by atoms with van der Waals surface area (Å²) in [5, 5.41) is 12.2. The second-order valence-electron chi connectivity index (χ2n) is 4.86. The van der Waals surface area contributed by atoms with Gasteiger partial charge in [0.2, 0.25) is 5.91 Å². The van der Waals surface area contributed by atoms with E-state index in [4.69, 9.17) is 0 Å². The van der Waals surface area contributed by atoms with Gasteiger partial charge in [0.25, 0.3) is 5.76 Å². The van der Waals surface area contributed by atoms with Gasteiger partial charge in [-0.15, -0.1) is 0 Å². The molecule has 2 aromatic rings. The molecule has 25 heavy (non-hydrogen) atoms. The Balaban J connectivity index is 2.07. The first-order valence-electron chi connectivity index (χ1n) is 7.12. The number of amides is 1. The number of nitriles is 1. The van der Waals surface area contributed by atoms with E-state index < -0.39 is 5.76 Å². The molecule has 2 rings (SSSR count). The average Bonchev–Trinajstić information content (AvgIpc) is 2.54. The van der Waals surface area contributed by atoms with Crippen molar-refractivity contribution in [1.29, 1.82) is 5.26 Å². The number of para-hydroxylation sites is 1. The number of alkyl halides is 2. The van der Waals surface area contributed by atoms with Crippen LogP contribution in [-0.2, 0) is 4.79 Å². The van der Waals surface area contributed by atoms with Gasteiger partial charge in [-0.05, 0) is 26.0 Å². The molecule has 0 aliphatic carbocycles. The van der Waals surface area contributed by atoms with E-state index >= 15 is 0 Å². The van der Waals surface area contributed by atoms with Crippen molar-refractivity contribution in [1.82, 2.24) is 9.97 Å². The van der Waals surface area contributed by atoms with Crippen LogP contribution in [0.4, 0.5) is 14.5 Å². The van der Waals surface area contributed by atoms with Gasteiger partial charge in [-0.1, -0.05) is 35.7 Å². The highest BCUT2D eigenvalue weighted by molar-refractivity contribution is 8.00. The zero-order chi connectivity index (χ0) is 18.4. The Morgan fingerprint density at radius 2 is 2.04 bits per heavy atom. The first kappa shape index (κ1) is 19.1. The Bertz CT molecular complexity index is 824. The highest BCUT2D eigenvalue weighted by Crippen LogP contribution is 2.32. The summed E-state index contributed by atoms with van der Waals surface area (Å²) < 4.78 is 25.1. The molecule has 1 N–H and O–H groups in total. The van der Waals surface area contributed by atoms with E-state index in [0.29, 0.717) is 44.5 Å². The predicted octanol–water partition coefficient (Wildman–Crippen LogP) is 4.01. The van der Waals surface area contributed by atoms with Crippen LogP contribution < -0.4 is 5.32 Å². The average molecular weight is 380 g/mol. The van der Waals surface area contributed by atoms with Crippen molar-refractivity contribution < 1.29 is 13.6 Å². The Labute approximate surface area is 152 Å². The minimum Gasteiger partial charge on any atom is -0.324 e. The predicted molar refractivity (Wildman–Crippen MR) is 93.9 cm³/mol. The number of nitrogens with one attached hydrogen (secondary N) is 1. The molecule has 0 aliphatic heterocycles. The van der Waals surface area contributed by atoms with Gasteiger partial charge in [0.1, 0.15) is 22.5 Å². The number of benzene rings is 1. The van der Waals surface area contributed by atoms with E-state index in [2.05, 4.69) is 15.3 Å². The molecule has 0 radical (unpaired) electrons. The Kier molecular flexibility index (Phi) is 6.73. The monoisotopic (exact) mass is 380 g/mol. The van der Waals surface area contributed by atoms with Gasteiger partial charge < -0.3 is 5.32 Å². The summed E-state index contributed by atoms with van der Waals surface area (Å²) in [6, 6.07) is 8.39. The van der Waals surface area contributed by atoms with Crippen LogP contribution >= 0.6 is 23.5 Å². The Hall–Kier alpha value is -2.18. The number of carbonyl (C=O) groups excluding carboxylic acids is 1. The second-order valence-corrected chi connectivity index (χ2v) is 6.86. The number of hydrogen-bond donors (Lipinski definition) is 1. The van der Waals surface area contributed by atoms with Crippen molar-refractivity contribution in [2.75, 3.05) is 11.1 Å². The lowest BCUT2D eigenvalue weighted by Crippen LogP contribution is -2.15. The zero-order valence-electron chi connectivity index (χ0n) is 13.4. The van der Waals surface area contributed by atoms with E-state index in [0.717, 1.165) is 11.8 Å². The molecule has 0 unspecified atom stereocenters. The number of hydrogen-bond acceptors (Lipinski definition) is 6. The van der Waals surface area contributed by atoms with Gasteiger partial charge in [-0.3, -0.25) is 4.79 Å². The molecule has 5 nitrogen and oxygen atoms in total. The highest BCUT2D eigenvalue weighted by Gasteiger charge is 2.15. The Morgan fingerprint density at radius 3 is 2.72 bits per heavy atom. The van der Waals surface area contributed by atoms with Crippen molar-refractivity contribution in [3.05, 3.63) is 41.3 Å². The molecule has 1 heterocycles. The lowest BCUT2D eigenvalue weighted by molar-refractivity contribution is -0.113. The van der Waals surface area contributed by atoms with Gasteiger partial charge in [-0.25, -0.2) is 9.97 Å². The fraction of sp³-hybridized carbons (Fsp3) is 0.250. The van der Waals surface area contributed by atoms with Gasteiger partial charge in [-0.2, -0.15) is 14.0 Å². The third-order valence-electron chi connectivity index (χ3n) is 3.00. The molecule has 1 aromatic carbocycles. The maximum absolute atomic E-state index is 12.6. The summed E-state index contributed by atoms with van der Waals surface area (Å²) in [7, 11) is 0. The molecule has 0 saturated heterocycles. The van der Waals surface area contributed by atoms with Crippen molar-refractivity contribution in [3.63, 3.8) is 0 Å². The highest BCUT2D eigenvalue weighted by atomic mass is 32.2. The van der Waals surface area contributed by atoms with Crippen molar-refractivity contribution in [2.45, 2.75) is 29.5 Å². The number of aromatic nitrogens is 2. The molecule has 0 aliphatic rings. The van der Waals surface area contributed by atoms with Crippen molar-refractivity contribution >= 4 is 35.1 Å². The largest absolute Gasteiger partial charge is 0.324 e. The molecule has 0 atom stereocenters. The Morgan fingerprint density at radius 1 is 1.32 bits per heavy atom. The summed E-state index contributed by atoms with van der Waals surface area (Å²) in [6.07, 6.45) is 0. The number of carbonyl (C=O) groups is 1. The minimum absolute atomic E-state index is 0.00173. The van der Waals surface area contributed by atoms with Crippen LogP contribution in [0, 0.1) is 25.2 Å². The van der Waals surface area contributed by atoms with Crippen LogP contribution in [0.3, 0.4) is 0 Å². The molecule has 1 amide bonds. The molecule has 0 saturated carbocycles. The van der Waals surface area contributed by atoms with Crippen LogP contribution in [0.5, 0.6) is 0 Å². The number of nitrogens with zero attached hydrogens (tertiary/aromatic N) is 3. The molecule has 0 bridgehead atoms. The third kappa shape index (κ3) is 5.41. The van der Waals surface area contributed by atoms with E-state index in [1.807, 2.05) is 6.07 Å². The van der Waals surface area contributed by atoms with Crippen LogP contribution in [0.25, 0.3) is 0 Å². The maximum Gasteiger partial charge on any atom is 0.288 e. The maximum atomic E-state index is 12.6. The lowest BCUT2D eigenvalue weighted by atomic mass is 10.3. The summed E-state index contributed by atoms with van der Waals surface area (Å²) in [5.74, 6) is -2.43. The number of anilines is 1. The molecule has 130 valence electrons. The van der Waals surface area contributed by atoms with E-state index in [1.54, 1.807) is 32.0 Å². The quantitative estimate of drug-likeness (QED) is 0.603. The summed E-state index contributed by atoms with van der Waals surface area (Å²) >= 11 is 1.48. The van der Waals surface area contributed by atoms with Gasteiger partial charge in [0.15, 0.2) is 0 Å². The van der Waals surface area contributed by atoms with Crippen molar-refractivity contribution in [2.24, 2.45) is 0 Å². The number of thioether (sulfide) groups is 2. The van der Waals surface area contributed by atoms with E-state index in [9.17, 15) is 18.8 Å². The summed E-state index contributed by atoms with van der Waals surface area (Å²) in [6.45, 7) is 3.41. The van der Waals surface area contributed by atoms with E-state index in [1.165, 1.54) is 6.07 Å². The molecule has 9 heteroatoms. The fourth-order valence-corrected chi connectivity index (χ4v) is 3.47. The third-order valence-corrected chi connectivity index (χ3v) is 4.76. The number of halogens is 2. The van der Waals surface area contributed by atoms with Gasteiger partial charge >= 0.3 is 0 Å². The fourth-order valence-electron chi connectivity index (χ4n) is 2.00. The van der Waals surface area contributed by atoms with Crippen molar-refractivity contribution in [3.8, 4) is 6.07 Å². The normalized spacial score (nSPS) is 10.6. The SMILES string of the molecule is Cc1nc(C)c(C#N)c(SCC(=O)Nc2ccccc2SC(F)F)n1. The molecule has 0 fully saturated rings. The standard InChI is InChI=1S/C16H14F2N4OS2/c1-9-11(7-19)15(21-10(2)20-9)24-8-14(23)22-12-5-3-4-6-13(12)25-16(17)18/h3-6,16H,8H2,1-2H3,(H,22,23). The van der Waals surface area contributed by atoms with Crippen LogP contribution in [0.2, 0.25) is 0 Å². The van der Waals surface area contributed by atoms with Crippen LogP contribution in [0.15, 0.2) is 34.2 Å². The molecule has 1 aromatic heterocycles.